The van der Waals surface area contributed by atoms with E-state index in [4.69, 9.17) is 16.7 Å². The van der Waals surface area contributed by atoms with Crippen LogP contribution in [0.25, 0.3) is 0 Å². The van der Waals surface area contributed by atoms with E-state index in [1.165, 1.54) is 17.3 Å². The minimum atomic E-state index is -0.598. The van der Waals surface area contributed by atoms with Crippen LogP contribution in [0.1, 0.15) is 35.6 Å². The zero-order chi connectivity index (χ0) is 24.4. The molecule has 0 spiro atoms. The van der Waals surface area contributed by atoms with Crippen molar-refractivity contribution < 1.29 is 9.59 Å². The van der Waals surface area contributed by atoms with Gasteiger partial charge < -0.3 is 5.32 Å². The molecular formula is C27H23ClN4O2S. The number of aliphatic imine (C=N–C) groups is 1. The number of amides is 2. The third-order valence-electron chi connectivity index (χ3n) is 5.91. The number of benzene rings is 3. The lowest BCUT2D eigenvalue weighted by Crippen LogP contribution is -2.25. The number of hydrogen-bond acceptors (Lipinski definition) is 5. The average Bonchev–Trinajstić information content (AvgIpc) is 3.44. The van der Waals surface area contributed by atoms with Crippen molar-refractivity contribution in [3.63, 3.8) is 0 Å². The maximum absolute atomic E-state index is 12.7. The highest BCUT2D eigenvalue weighted by Crippen LogP contribution is 2.40. The highest BCUT2D eigenvalue weighted by atomic mass is 35.5. The lowest BCUT2D eigenvalue weighted by atomic mass is 9.98. The fraction of sp³-hybridized carbons (Fsp3) is 0.185. The molecule has 2 heterocycles. The third kappa shape index (κ3) is 5.16. The Bertz CT molecular complexity index is 1320. The van der Waals surface area contributed by atoms with Gasteiger partial charge in [-0.1, -0.05) is 89.6 Å². The van der Waals surface area contributed by atoms with Crippen LogP contribution in [-0.4, -0.2) is 33.0 Å². The molecular weight excluding hydrogens is 480 g/mol. The van der Waals surface area contributed by atoms with Gasteiger partial charge in [-0.3, -0.25) is 9.59 Å². The van der Waals surface area contributed by atoms with E-state index < -0.39 is 5.25 Å². The van der Waals surface area contributed by atoms with Crippen LogP contribution in [0.2, 0.25) is 5.02 Å². The van der Waals surface area contributed by atoms with Gasteiger partial charge in [-0.25, -0.2) is 5.01 Å². The molecule has 0 aliphatic carbocycles. The fourth-order valence-electron chi connectivity index (χ4n) is 4.10. The van der Waals surface area contributed by atoms with Gasteiger partial charge in [0, 0.05) is 23.6 Å². The number of aryl methyl sites for hydroxylation is 1. The summed E-state index contributed by atoms with van der Waals surface area (Å²) in [5, 5.41) is 10.0. The second kappa shape index (κ2) is 10.1. The van der Waals surface area contributed by atoms with Gasteiger partial charge >= 0.3 is 0 Å². The zero-order valence-corrected chi connectivity index (χ0v) is 20.6. The molecule has 0 unspecified atom stereocenters. The Labute approximate surface area is 213 Å². The van der Waals surface area contributed by atoms with E-state index in [1.807, 2.05) is 73.7 Å². The van der Waals surface area contributed by atoms with Crippen LogP contribution in [0.3, 0.4) is 0 Å². The van der Waals surface area contributed by atoms with Gasteiger partial charge in [-0.2, -0.15) is 10.1 Å². The summed E-state index contributed by atoms with van der Waals surface area (Å²) in [7, 11) is 0. The van der Waals surface area contributed by atoms with Crippen molar-refractivity contribution in [2.75, 3.05) is 5.32 Å². The monoisotopic (exact) mass is 502 g/mol. The molecule has 2 aliphatic heterocycles. The Hall–Kier alpha value is -3.42. The maximum Gasteiger partial charge on any atom is 0.262 e. The van der Waals surface area contributed by atoms with Gasteiger partial charge in [0.15, 0.2) is 5.17 Å². The predicted octanol–water partition coefficient (Wildman–Crippen LogP) is 5.83. The molecule has 2 aliphatic rings. The highest BCUT2D eigenvalue weighted by molar-refractivity contribution is 8.15. The van der Waals surface area contributed by atoms with Crippen molar-refractivity contribution in [2.24, 2.45) is 10.1 Å². The molecule has 0 radical (unpaired) electrons. The Kier molecular flexibility index (Phi) is 6.70. The Morgan fingerprint density at radius 2 is 1.77 bits per heavy atom. The van der Waals surface area contributed by atoms with Gasteiger partial charge in [-0.15, -0.1) is 0 Å². The maximum atomic E-state index is 12.7. The summed E-state index contributed by atoms with van der Waals surface area (Å²) in [5.41, 5.74) is 4.70. The van der Waals surface area contributed by atoms with Gasteiger partial charge in [0.1, 0.15) is 5.25 Å². The number of hydrogen-bond donors (Lipinski definition) is 1. The Morgan fingerprint density at radius 3 is 2.51 bits per heavy atom. The molecule has 3 aromatic carbocycles. The minimum absolute atomic E-state index is 0.0323. The number of anilines is 1. The Morgan fingerprint density at radius 1 is 1.06 bits per heavy atom. The van der Waals surface area contributed by atoms with E-state index >= 15 is 0 Å². The van der Waals surface area contributed by atoms with Crippen molar-refractivity contribution >= 4 is 51.7 Å². The summed E-state index contributed by atoms with van der Waals surface area (Å²) in [5.74, 6) is -0.559. The lowest BCUT2D eigenvalue weighted by molar-refractivity contribution is -0.121. The summed E-state index contributed by atoms with van der Waals surface area (Å²) in [6.07, 6.45) is 0.657. The van der Waals surface area contributed by atoms with E-state index in [0.717, 1.165) is 16.8 Å². The van der Waals surface area contributed by atoms with Gasteiger partial charge in [0.25, 0.3) is 5.91 Å². The molecule has 8 heteroatoms. The van der Waals surface area contributed by atoms with Crippen molar-refractivity contribution in [1.82, 2.24) is 5.01 Å². The topological polar surface area (TPSA) is 74.1 Å². The average molecular weight is 503 g/mol. The summed E-state index contributed by atoms with van der Waals surface area (Å²) < 4.78 is 0. The van der Waals surface area contributed by atoms with Crippen molar-refractivity contribution in [1.29, 1.82) is 0 Å². The van der Waals surface area contributed by atoms with Crippen LogP contribution in [0.4, 0.5) is 5.69 Å². The molecule has 0 saturated carbocycles. The first kappa shape index (κ1) is 23.3. The molecule has 0 bridgehead atoms. The summed E-state index contributed by atoms with van der Waals surface area (Å²) in [6, 6.07) is 24.8. The number of amidine groups is 1. The molecule has 2 atom stereocenters. The largest absolute Gasteiger partial charge is 0.326 e. The van der Waals surface area contributed by atoms with Crippen molar-refractivity contribution in [3.05, 3.63) is 101 Å². The number of carbonyl (C=O) groups is 2. The molecule has 0 aromatic heterocycles. The number of halogens is 1. The fourth-order valence-corrected chi connectivity index (χ4v) is 5.42. The third-order valence-corrected chi connectivity index (χ3v) is 7.40. The van der Waals surface area contributed by atoms with Crippen LogP contribution in [-0.2, 0) is 9.59 Å². The first-order valence-corrected chi connectivity index (χ1v) is 12.6. The molecule has 176 valence electrons. The highest BCUT2D eigenvalue weighted by Gasteiger charge is 2.39. The van der Waals surface area contributed by atoms with E-state index in [-0.39, 0.29) is 24.3 Å². The molecule has 5 rings (SSSR count). The Balaban J connectivity index is 1.37. The number of para-hydroxylation sites is 1. The van der Waals surface area contributed by atoms with Gasteiger partial charge in [0.2, 0.25) is 5.91 Å². The SMILES string of the molecule is Cc1ccc(C2=NN(C3=NC(=O)[C@H](CC(=O)Nc4ccccc4)S3)[C@H](c3ccccc3Cl)C2)cc1. The molecule has 0 fully saturated rings. The molecule has 1 N–H and O–H groups in total. The molecule has 6 nitrogen and oxygen atoms in total. The van der Waals surface area contributed by atoms with Crippen LogP contribution >= 0.6 is 23.4 Å². The quantitative estimate of drug-likeness (QED) is 0.476. The van der Waals surface area contributed by atoms with Crippen LogP contribution in [0, 0.1) is 6.92 Å². The number of rotatable bonds is 5. The van der Waals surface area contributed by atoms with Gasteiger partial charge in [0.05, 0.1) is 11.8 Å². The standard InChI is InChI=1S/C27H23ClN4O2S/c1-17-11-13-18(14-12-17)22-15-23(20-9-5-6-10-21(20)28)32(31-22)27-30-26(34)24(35-27)16-25(33)29-19-7-3-2-4-8-19/h2-14,23-24H,15-16H2,1H3,(H,29,33)/t23-,24-/m0/s1. The van der Waals surface area contributed by atoms with E-state index in [0.29, 0.717) is 22.3 Å². The molecule has 2 amide bonds. The lowest BCUT2D eigenvalue weighted by Gasteiger charge is -2.23. The van der Waals surface area contributed by atoms with Crippen molar-refractivity contribution in [2.45, 2.75) is 31.1 Å². The van der Waals surface area contributed by atoms with Crippen LogP contribution in [0.5, 0.6) is 0 Å². The molecule has 3 aromatic rings. The van der Waals surface area contributed by atoms with E-state index in [1.54, 1.807) is 5.01 Å². The number of carbonyl (C=O) groups excluding carboxylic acids is 2. The number of thioether (sulfide) groups is 1. The first-order valence-electron chi connectivity index (χ1n) is 11.3. The first-order chi connectivity index (χ1) is 17.0. The number of nitrogens with one attached hydrogen (secondary N) is 1. The predicted molar refractivity (Wildman–Crippen MR) is 142 cm³/mol. The molecule has 0 saturated heterocycles. The molecule has 35 heavy (non-hydrogen) atoms. The number of nitrogens with zero attached hydrogens (tertiary/aromatic N) is 3. The summed E-state index contributed by atoms with van der Waals surface area (Å²) >= 11 is 7.82. The van der Waals surface area contributed by atoms with E-state index in [2.05, 4.69) is 22.4 Å². The number of hydrazone groups is 1. The zero-order valence-electron chi connectivity index (χ0n) is 19.0. The second-order valence-corrected chi connectivity index (χ2v) is 10.0. The van der Waals surface area contributed by atoms with E-state index in [9.17, 15) is 9.59 Å². The smallest absolute Gasteiger partial charge is 0.262 e. The summed E-state index contributed by atoms with van der Waals surface area (Å²) in [6.45, 7) is 2.04. The second-order valence-electron chi connectivity index (χ2n) is 8.46. The summed E-state index contributed by atoms with van der Waals surface area (Å²) in [4.78, 5) is 29.6. The van der Waals surface area contributed by atoms with Gasteiger partial charge in [-0.05, 0) is 36.2 Å². The van der Waals surface area contributed by atoms with Crippen molar-refractivity contribution in [3.8, 4) is 0 Å². The van der Waals surface area contributed by atoms with Crippen LogP contribution in [0.15, 0.2) is 89.0 Å². The normalized spacial score (nSPS) is 19.5. The minimum Gasteiger partial charge on any atom is -0.326 e. The van der Waals surface area contributed by atoms with Crippen LogP contribution < -0.4 is 5.32 Å².